The van der Waals surface area contributed by atoms with Gasteiger partial charge in [-0.3, -0.25) is 4.68 Å². The summed E-state index contributed by atoms with van der Waals surface area (Å²) in [4.78, 5) is 11.2. The number of aliphatic carboxylic acids is 1. The largest absolute Gasteiger partial charge is 0.479 e. The summed E-state index contributed by atoms with van der Waals surface area (Å²) in [6.07, 6.45) is 0. The van der Waals surface area contributed by atoms with Crippen LogP contribution in [0, 0.1) is 6.92 Å². The summed E-state index contributed by atoms with van der Waals surface area (Å²) >= 11 is 0. The SMILES string of the molecule is Cc1ccc(Cn2nc(COC(C)(C)C(=O)O)c3ccccc32)cc1. The standard InChI is InChI=1S/C20H22N2O3/c1-14-8-10-15(11-9-14)12-22-18-7-5-4-6-16(18)17(21-22)13-25-20(2,3)19(23)24/h4-11H,12-13H2,1-3H3,(H,23,24). The summed E-state index contributed by atoms with van der Waals surface area (Å²) in [6.45, 7) is 5.96. The molecule has 1 aromatic heterocycles. The molecule has 0 aliphatic heterocycles. The van der Waals surface area contributed by atoms with Crippen LogP contribution in [0.25, 0.3) is 10.9 Å². The van der Waals surface area contributed by atoms with E-state index in [0.29, 0.717) is 6.54 Å². The summed E-state index contributed by atoms with van der Waals surface area (Å²) in [6, 6.07) is 16.3. The average Bonchev–Trinajstić information content (AvgIpc) is 2.93. The quantitative estimate of drug-likeness (QED) is 0.743. The molecular formula is C20H22N2O3. The molecule has 0 fully saturated rings. The first kappa shape index (κ1) is 17.2. The van der Waals surface area contributed by atoms with Crippen molar-refractivity contribution in [1.82, 2.24) is 9.78 Å². The lowest BCUT2D eigenvalue weighted by atomic mass is 10.1. The van der Waals surface area contributed by atoms with Crippen molar-refractivity contribution in [3.05, 3.63) is 65.4 Å². The van der Waals surface area contributed by atoms with E-state index in [9.17, 15) is 9.90 Å². The molecule has 130 valence electrons. The molecule has 0 unspecified atom stereocenters. The van der Waals surface area contributed by atoms with E-state index in [0.717, 1.165) is 22.2 Å². The molecule has 2 aromatic carbocycles. The van der Waals surface area contributed by atoms with Crippen molar-refractivity contribution in [1.29, 1.82) is 0 Å². The Morgan fingerprint density at radius 3 is 2.52 bits per heavy atom. The Kier molecular flexibility index (Phi) is 4.59. The molecule has 1 heterocycles. The van der Waals surface area contributed by atoms with Crippen LogP contribution in [0.5, 0.6) is 0 Å². The first-order valence-electron chi connectivity index (χ1n) is 8.24. The number of carboxylic acids is 1. The van der Waals surface area contributed by atoms with E-state index in [1.165, 1.54) is 5.56 Å². The molecule has 0 amide bonds. The van der Waals surface area contributed by atoms with Gasteiger partial charge >= 0.3 is 5.97 Å². The van der Waals surface area contributed by atoms with Gasteiger partial charge in [0.25, 0.3) is 0 Å². The lowest BCUT2D eigenvalue weighted by Crippen LogP contribution is -2.34. The summed E-state index contributed by atoms with van der Waals surface area (Å²) in [5, 5.41) is 14.9. The minimum atomic E-state index is -1.25. The van der Waals surface area contributed by atoms with Gasteiger partial charge < -0.3 is 9.84 Å². The van der Waals surface area contributed by atoms with Gasteiger partial charge in [-0.05, 0) is 32.4 Å². The van der Waals surface area contributed by atoms with E-state index < -0.39 is 11.6 Å². The van der Waals surface area contributed by atoms with Crippen LogP contribution in [0.4, 0.5) is 0 Å². The Labute approximate surface area is 146 Å². The number of ether oxygens (including phenoxy) is 1. The van der Waals surface area contributed by atoms with Crippen LogP contribution in [0.15, 0.2) is 48.5 Å². The highest BCUT2D eigenvalue weighted by molar-refractivity contribution is 5.82. The Morgan fingerprint density at radius 1 is 1.16 bits per heavy atom. The fraction of sp³-hybridized carbons (Fsp3) is 0.300. The van der Waals surface area contributed by atoms with Gasteiger partial charge in [0.2, 0.25) is 0 Å². The zero-order valence-corrected chi connectivity index (χ0v) is 14.7. The van der Waals surface area contributed by atoms with Gasteiger partial charge in [0.1, 0.15) is 0 Å². The van der Waals surface area contributed by atoms with Crippen molar-refractivity contribution in [2.45, 2.75) is 39.5 Å². The minimum Gasteiger partial charge on any atom is -0.479 e. The number of nitrogens with zero attached hydrogens (tertiary/aromatic N) is 2. The number of aryl methyl sites for hydroxylation is 1. The summed E-state index contributed by atoms with van der Waals surface area (Å²) in [7, 11) is 0. The maximum Gasteiger partial charge on any atom is 0.335 e. The third-order valence-electron chi connectivity index (χ3n) is 4.27. The van der Waals surface area contributed by atoms with Crippen molar-refractivity contribution in [2.24, 2.45) is 0 Å². The van der Waals surface area contributed by atoms with Crippen molar-refractivity contribution in [2.75, 3.05) is 0 Å². The van der Waals surface area contributed by atoms with Gasteiger partial charge in [0.05, 0.1) is 24.4 Å². The summed E-state index contributed by atoms with van der Waals surface area (Å²) in [5.41, 5.74) is 2.89. The molecule has 1 N–H and O–H groups in total. The Balaban J connectivity index is 1.90. The van der Waals surface area contributed by atoms with Crippen LogP contribution >= 0.6 is 0 Å². The van der Waals surface area contributed by atoms with Gasteiger partial charge in [-0.15, -0.1) is 0 Å². The van der Waals surface area contributed by atoms with Gasteiger partial charge in [-0.1, -0.05) is 48.0 Å². The lowest BCUT2D eigenvalue weighted by molar-refractivity contribution is -0.162. The van der Waals surface area contributed by atoms with Crippen LogP contribution in [-0.4, -0.2) is 26.5 Å². The second-order valence-electron chi connectivity index (χ2n) is 6.71. The highest BCUT2D eigenvalue weighted by Gasteiger charge is 2.28. The molecule has 0 saturated carbocycles. The first-order valence-corrected chi connectivity index (χ1v) is 8.24. The highest BCUT2D eigenvalue weighted by Crippen LogP contribution is 2.22. The first-order chi connectivity index (χ1) is 11.9. The van der Waals surface area contributed by atoms with Crippen LogP contribution in [0.1, 0.15) is 30.7 Å². The number of hydrogen-bond donors (Lipinski definition) is 1. The second kappa shape index (κ2) is 6.69. The second-order valence-corrected chi connectivity index (χ2v) is 6.71. The number of carbonyl (C=O) groups is 1. The zero-order chi connectivity index (χ0) is 18.0. The van der Waals surface area contributed by atoms with Crippen molar-refractivity contribution in [3.8, 4) is 0 Å². The molecular weight excluding hydrogens is 316 g/mol. The minimum absolute atomic E-state index is 0.153. The number of rotatable bonds is 6. The maximum atomic E-state index is 11.2. The number of para-hydroxylation sites is 1. The maximum absolute atomic E-state index is 11.2. The lowest BCUT2D eigenvalue weighted by Gasteiger charge is -2.19. The van der Waals surface area contributed by atoms with Crippen molar-refractivity contribution < 1.29 is 14.6 Å². The van der Waals surface area contributed by atoms with E-state index in [1.807, 2.05) is 28.9 Å². The molecule has 25 heavy (non-hydrogen) atoms. The molecule has 0 bridgehead atoms. The van der Waals surface area contributed by atoms with Crippen LogP contribution in [0.3, 0.4) is 0 Å². The molecule has 0 spiro atoms. The predicted molar refractivity (Wildman–Crippen MR) is 96.5 cm³/mol. The number of hydrogen-bond acceptors (Lipinski definition) is 3. The van der Waals surface area contributed by atoms with Crippen LogP contribution in [-0.2, 0) is 22.7 Å². The Bertz CT molecular complexity index is 895. The van der Waals surface area contributed by atoms with Gasteiger partial charge in [-0.2, -0.15) is 5.10 Å². The molecule has 0 saturated heterocycles. The smallest absolute Gasteiger partial charge is 0.335 e. The third kappa shape index (κ3) is 3.72. The van der Waals surface area contributed by atoms with Crippen LogP contribution in [0.2, 0.25) is 0 Å². The fourth-order valence-corrected chi connectivity index (χ4v) is 2.60. The molecule has 5 nitrogen and oxygen atoms in total. The molecule has 0 aliphatic carbocycles. The van der Waals surface area contributed by atoms with E-state index in [-0.39, 0.29) is 6.61 Å². The van der Waals surface area contributed by atoms with E-state index in [4.69, 9.17) is 4.74 Å². The predicted octanol–water partition coefficient (Wildman–Crippen LogP) is 3.77. The molecule has 0 radical (unpaired) electrons. The fourth-order valence-electron chi connectivity index (χ4n) is 2.60. The number of carboxylic acid groups (broad SMARTS) is 1. The molecule has 3 aromatic rings. The summed E-state index contributed by atoms with van der Waals surface area (Å²) < 4.78 is 7.53. The molecule has 3 rings (SSSR count). The van der Waals surface area contributed by atoms with Crippen molar-refractivity contribution >= 4 is 16.9 Å². The zero-order valence-electron chi connectivity index (χ0n) is 14.7. The van der Waals surface area contributed by atoms with E-state index in [1.54, 1.807) is 13.8 Å². The highest BCUT2D eigenvalue weighted by atomic mass is 16.5. The Morgan fingerprint density at radius 2 is 1.84 bits per heavy atom. The average molecular weight is 338 g/mol. The summed E-state index contributed by atoms with van der Waals surface area (Å²) in [5.74, 6) is -0.990. The monoisotopic (exact) mass is 338 g/mol. The third-order valence-corrected chi connectivity index (χ3v) is 4.27. The number of aromatic nitrogens is 2. The van der Waals surface area contributed by atoms with Gasteiger partial charge in [-0.25, -0.2) is 4.79 Å². The molecule has 0 aliphatic rings. The molecule has 5 heteroatoms. The van der Waals surface area contributed by atoms with E-state index >= 15 is 0 Å². The molecule has 0 atom stereocenters. The van der Waals surface area contributed by atoms with Crippen molar-refractivity contribution in [3.63, 3.8) is 0 Å². The van der Waals surface area contributed by atoms with E-state index in [2.05, 4.69) is 36.3 Å². The van der Waals surface area contributed by atoms with Crippen LogP contribution < -0.4 is 0 Å². The number of fused-ring (bicyclic) bond motifs is 1. The van der Waals surface area contributed by atoms with Gasteiger partial charge in [0, 0.05) is 5.39 Å². The van der Waals surface area contributed by atoms with Gasteiger partial charge in [0.15, 0.2) is 5.60 Å². The normalized spacial score (nSPS) is 11.8. The number of benzene rings is 2. The topological polar surface area (TPSA) is 64.4 Å². The Hall–Kier alpha value is -2.66.